The summed E-state index contributed by atoms with van der Waals surface area (Å²) in [5.41, 5.74) is 6.39. The number of aliphatic hydroxyl groups excluding tert-OH is 1. The van der Waals surface area contributed by atoms with Crippen molar-refractivity contribution in [2.24, 2.45) is 0 Å². The number of rotatable bonds is 27. The standard InChI is InChI=1S/C25H34N4O3.C19H19N3O5.C18H19N3O4/c1-5-29(6-2)16-10-9-11-21-17-19(14-15-26-21)24-27-25(32-28-24)20-12-13-22(30-7-3)23(18-20)31-8-4;1-4-25-15-7-6-12(9-16(15)26-5-2)18-21-17(22-27-18)13-8-14(11-20-10-13)19(23)24-3;1-3-23-15-6-5-13(8-16(15)24-4-2)18-20-17(21-25-18)14-7-12(11-22)9-19-10-14/h12-15,17-18H,5-11,16H2,1-4H3;6-11H,4-5H2,1-3H3;5-10,22H,3-4,11H2,1-2H3. The smallest absolute Gasteiger partial charge is 0.339 e. The number of methoxy groups -OCH3 is 1. The quantitative estimate of drug-likeness (QED) is 0.0370. The number of nitrogens with zero attached hydrogens (tertiary/aromatic N) is 10. The number of unbranched alkanes of at least 4 members (excludes halogenated alkanes) is 1. The number of aliphatic hydroxyl groups is 1. The highest BCUT2D eigenvalue weighted by Crippen LogP contribution is 2.36. The average molecular weight is 1150 g/mol. The average Bonchev–Trinajstić information content (AvgIpc) is 4.41. The predicted molar refractivity (Wildman–Crippen MR) is 314 cm³/mol. The lowest BCUT2D eigenvalue weighted by Gasteiger charge is -2.17. The van der Waals surface area contributed by atoms with Gasteiger partial charge in [0.05, 0.1) is 58.9 Å². The highest BCUT2D eigenvalue weighted by Gasteiger charge is 2.19. The molecule has 0 aliphatic rings. The number of hydrogen-bond acceptors (Lipinski definition) is 22. The maximum Gasteiger partial charge on any atom is 0.339 e. The second-order valence-electron chi connectivity index (χ2n) is 18.1. The zero-order valence-electron chi connectivity index (χ0n) is 49.0. The first kappa shape index (κ1) is 62.3. The molecule has 442 valence electrons. The van der Waals surface area contributed by atoms with Crippen LogP contribution in [-0.2, 0) is 17.8 Å². The molecule has 0 radical (unpaired) electrons. The summed E-state index contributed by atoms with van der Waals surface area (Å²) in [5.74, 6) is 5.86. The summed E-state index contributed by atoms with van der Waals surface area (Å²) in [5, 5.41) is 21.4. The molecule has 0 atom stereocenters. The second-order valence-corrected chi connectivity index (χ2v) is 18.1. The van der Waals surface area contributed by atoms with Crippen LogP contribution in [0.15, 0.2) is 123 Å². The fourth-order valence-electron chi connectivity index (χ4n) is 8.35. The SMILES string of the molecule is CCOc1ccc(-c2nc(-c3ccnc(CCCCN(CC)CC)c3)no2)cc1OCC.CCOc1ccc(-c2nc(-c3cncc(C(=O)OC)c3)no2)cc1OCC.CCOc1ccc(-c2nc(-c3cncc(CO)c3)no2)cc1OCC. The van der Waals surface area contributed by atoms with Crippen LogP contribution in [0.5, 0.6) is 34.5 Å². The lowest BCUT2D eigenvalue weighted by molar-refractivity contribution is 0.0600. The molecule has 22 nitrogen and oxygen atoms in total. The Morgan fingerprint density at radius 1 is 0.488 bits per heavy atom. The number of pyridine rings is 3. The molecule has 6 aromatic heterocycles. The van der Waals surface area contributed by atoms with Gasteiger partial charge in [0.15, 0.2) is 34.5 Å². The molecule has 84 heavy (non-hydrogen) atoms. The Labute approximate surface area is 488 Å². The summed E-state index contributed by atoms with van der Waals surface area (Å²) in [4.78, 5) is 40.1. The predicted octanol–water partition coefficient (Wildman–Crippen LogP) is 11.7. The molecule has 0 aliphatic carbocycles. The molecule has 9 rings (SSSR count). The largest absolute Gasteiger partial charge is 0.490 e. The summed E-state index contributed by atoms with van der Waals surface area (Å²) in [6, 6.07) is 23.9. The van der Waals surface area contributed by atoms with Crippen molar-refractivity contribution in [2.45, 2.75) is 81.3 Å². The first-order valence-electron chi connectivity index (χ1n) is 28.1. The van der Waals surface area contributed by atoms with E-state index in [-0.39, 0.29) is 6.61 Å². The molecule has 0 saturated heterocycles. The Kier molecular flexibility index (Phi) is 24.0. The van der Waals surface area contributed by atoms with Gasteiger partial charge in [-0.25, -0.2) is 4.79 Å². The fraction of sp³-hybridized carbons (Fsp3) is 0.355. The van der Waals surface area contributed by atoms with Gasteiger partial charge in [-0.2, -0.15) is 15.0 Å². The van der Waals surface area contributed by atoms with Crippen molar-refractivity contribution in [3.8, 4) is 103 Å². The summed E-state index contributed by atoms with van der Waals surface area (Å²) >= 11 is 0. The minimum atomic E-state index is -0.485. The third-order valence-electron chi connectivity index (χ3n) is 12.4. The molecule has 0 bridgehead atoms. The van der Waals surface area contributed by atoms with Gasteiger partial charge in [0, 0.05) is 70.1 Å². The van der Waals surface area contributed by atoms with Crippen LogP contribution in [0.3, 0.4) is 0 Å². The van der Waals surface area contributed by atoms with E-state index >= 15 is 0 Å². The van der Waals surface area contributed by atoms with Gasteiger partial charge in [-0.1, -0.05) is 29.3 Å². The maximum atomic E-state index is 11.7. The number of carbonyl (C=O) groups excluding carboxylic acids is 1. The number of aryl methyl sites for hydroxylation is 1. The van der Waals surface area contributed by atoms with Gasteiger partial charge in [-0.15, -0.1) is 0 Å². The third-order valence-corrected chi connectivity index (χ3v) is 12.4. The van der Waals surface area contributed by atoms with Crippen LogP contribution in [0.4, 0.5) is 0 Å². The monoisotopic (exact) mass is 1150 g/mol. The minimum absolute atomic E-state index is 0.0951. The first-order chi connectivity index (χ1) is 41.1. The van der Waals surface area contributed by atoms with Crippen LogP contribution in [-0.4, -0.2) is 128 Å². The van der Waals surface area contributed by atoms with E-state index < -0.39 is 5.97 Å². The van der Waals surface area contributed by atoms with E-state index in [1.165, 1.54) is 19.7 Å². The van der Waals surface area contributed by atoms with E-state index in [1.807, 2.05) is 96.3 Å². The Bertz CT molecular complexity index is 3470. The van der Waals surface area contributed by atoms with E-state index in [2.05, 4.69) is 70.2 Å². The van der Waals surface area contributed by atoms with E-state index in [0.717, 1.165) is 54.9 Å². The molecule has 3 aromatic carbocycles. The van der Waals surface area contributed by atoms with Gasteiger partial charge in [0.1, 0.15) is 0 Å². The van der Waals surface area contributed by atoms with Gasteiger partial charge in [0.25, 0.3) is 17.7 Å². The molecular formula is C62H72N10O12. The van der Waals surface area contributed by atoms with Gasteiger partial charge >= 0.3 is 5.97 Å². The first-order valence-corrected chi connectivity index (χ1v) is 28.1. The van der Waals surface area contributed by atoms with Crippen molar-refractivity contribution < 1.29 is 56.6 Å². The van der Waals surface area contributed by atoms with E-state index in [4.69, 9.17) is 46.7 Å². The van der Waals surface area contributed by atoms with Crippen molar-refractivity contribution in [1.82, 2.24) is 50.3 Å². The molecule has 6 heterocycles. The zero-order valence-corrected chi connectivity index (χ0v) is 49.0. The van der Waals surface area contributed by atoms with Crippen molar-refractivity contribution in [3.63, 3.8) is 0 Å². The van der Waals surface area contributed by atoms with Gasteiger partial charge in [0.2, 0.25) is 17.5 Å². The van der Waals surface area contributed by atoms with Crippen LogP contribution >= 0.6 is 0 Å². The number of carbonyl (C=O) groups is 1. The number of benzene rings is 3. The van der Waals surface area contributed by atoms with Crippen LogP contribution in [0.25, 0.3) is 68.5 Å². The topological polar surface area (TPSA) is 261 Å². The molecule has 22 heteroatoms. The minimum Gasteiger partial charge on any atom is -0.490 e. The van der Waals surface area contributed by atoms with Crippen molar-refractivity contribution in [2.75, 3.05) is 66.4 Å². The summed E-state index contributed by atoms with van der Waals surface area (Å²) < 4.78 is 54.7. The lowest BCUT2D eigenvalue weighted by Crippen LogP contribution is -2.23. The van der Waals surface area contributed by atoms with Crippen LogP contribution in [0, 0.1) is 0 Å². The molecule has 1 N–H and O–H groups in total. The van der Waals surface area contributed by atoms with E-state index in [1.54, 1.807) is 42.9 Å². The van der Waals surface area contributed by atoms with Crippen LogP contribution in [0.2, 0.25) is 0 Å². The Morgan fingerprint density at radius 2 is 0.929 bits per heavy atom. The molecule has 0 unspecified atom stereocenters. The normalized spacial score (nSPS) is 10.8. The van der Waals surface area contributed by atoms with Gasteiger partial charge in [-0.3, -0.25) is 15.0 Å². The molecule has 0 aliphatic heterocycles. The Morgan fingerprint density at radius 3 is 1.37 bits per heavy atom. The summed E-state index contributed by atoms with van der Waals surface area (Å²) in [7, 11) is 1.31. The van der Waals surface area contributed by atoms with Crippen LogP contribution < -0.4 is 28.4 Å². The molecule has 0 amide bonds. The molecule has 9 aromatic rings. The number of hydrogen-bond donors (Lipinski definition) is 1. The van der Waals surface area contributed by atoms with Crippen LogP contribution in [0.1, 0.15) is 89.8 Å². The number of aromatic nitrogens is 9. The van der Waals surface area contributed by atoms with Gasteiger partial charge in [-0.05, 0) is 165 Å². The summed E-state index contributed by atoms with van der Waals surface area (Å²) in [6.45, 7) is 22.4. The second kappa shape index (κ2) is 32.4. The van der Waals surface area contributed by atoms with E-state index in [9.17, 15) is 9.90 Å². The number of esters is 1. The van der Waals surface area contributed by atoms with Gasteiger partial charge < -0.3 is 56.7 Å². The number of ether oxygens (including phenoxy) is 7. The molecule has 0 fully saturated rings. The van der Waals surface area contributed by atoms with E-state index in [0.29, 0.717) is 137 Å². The highest BCUT2D eigenvalue weighted by atomic mass is 16.5. The van der Waals surface area contributed by atoms with Crippen molar-refractivity contribution in [1.29, 1.82) is 0 Å². The summed E-state index contributed by atoms with van der Waals surface area (Å²) in [6.07, 6.45) is 11.2. The molecule has 0 spiro atoms. The lowest BCUT2D eigenvalue weighted by atomic mass is 10.1. The Hall–Kier alpha value is -9.28. The molecule has 0 saturated carbocycles. The van der Waals surface area contributed by atoms with Crippen molar-refractivity contribution in [3.05, 3.63) is 127 Å². The third kappa shape index (κ3) is 17.1. The zero-order chi connectivity index (χ0) is 59.6. The molecular weight excluding hydrogens is 1080 g/mol. The highest BCUT2D eigenvalue weighted by molar-refractivity contribution is 5.90. The maximum absolute atomic E-state index is 11.7. The Balaban J connectivity index is 0.000000182. The fourth-order valence-corrected chi connectivity index (χ4v) is 8.35. The van der Waals surface area contributed by atoms with Crippen molar-refractivity contribution >= 4 is 5.97 Å².